The standard InChI is InChI=1S/C9H9N3O2S/c10-6-8-9(2-1-5-11-8)15(13,14)12-7-3-4-7/h1-2,5,7,12H,3-4H2. The highest BCUT2D eigenvalue weighted by Crippen LogP contribution is 2.22. The van der Waals surface area contributed by atoms with Crippen molar-refractivity contribution in [2.24, 2.45) is 0 Å². The second kappa shape index (κ2) is 3.61. The lowest BCUT2D eigenvalue weighted by Gasteiger charge is -2.05. The summed E-state index contributed by atoms with van der Waals surface area (Å²) in [5.74, 6) is 0. The van der Waals surface area contributed by atoms with Gasteiger partial charge < -0.3 is 0 Å². The van der Waals surface area contributed by atoms with Crippen molar-refractivity contribution in [2.75, 3.05) is 0 Å². The van der Waals surface area contributed by atoms with Crippen LogP contribution in [0.5, 0.6) is 0 Å². The molecule has 2 rings (SSSR count). The van der Waals surface area contributed by atoms with Gasteiger partial charge in [-0.2, -0.15) is 5.26 Å². The smallest absolute Gasteiger partial charge is 0.243 e. The van der Waals surface area contributed by atoms with Crippen LogP contribution in [0, 0.1) is 11.3 Å². The van der Waals surface area contributed by atoms with Crippen molar-refractivity contribution in [2.45, 2.75) is 23.8 Å². The monoisotopic (exact) mass is 223 g/mol. The Kier molecular flexibility index (Phi) is 2.42. The van der Waals surface area contributed by atoms with Gasteiger partial charge in [0.05, 0.1) is 0 Å². The predicted molar refractivity (Wildman–Crippen MR) is 52.3 cm³/mol. The van der Waals surface area contributed by atoms with Crippen molar-refractivity contribution in [3.05, 3.63) is 24.0 Å². The van der Waals surface area contributed by atoms with Crippen LogP contribution in [0.4, 0.5) is 0 Å². The van der Waals surface area contributed by atoms with Gasteiger partial charge in [-0.3, -0.25) is 0 Å². The lowest BCUT2D eigenvalue weighted by atomic mass is 10.4. The summed E-state index contributed by atoms with van der Waals surface area (Å²) >= 11 is 0. The first-order valence-corrected chi connectivity index (χ1v) is 5.99. The third-order valence-electron chi connectivity index (χ3n) is 2.07. The Labute approximate surface area is 87.8 Å². The number of nitrogens with zero attached hydrogens (tertiary/aromatic N) is 2. The molecule has 5 nitrogen and oxygen atoms in total. The molecule has 1 aromatic heterocycles. The number of hydrogen-bond donors (Lipinski definition) is 1. The molecular weight excluding hydrogens is 214 g/mol. The van der Waals surface area contributed by atoms with E-state index < -0.39 is 10.0 Å². The van der Waals surface area contributed by atoms with Crippen molar-refractivity contribution in [3.8, 4) is 6.07 Å². The molecule has 1 aliphatic rings. The molecule has 0 atom stereocenters. The first kappa shape index (κ1) is 10.1. The summed E-state index contributed by atoms with van der Waals surface area (Å²) in [6, 6.07) is 4.68. The highest BCUT2D eigenvalue weighted by molar-refractivity contribution is 7.89. The number of hydrogen-bond acceptors (Lipinski definition) is 4. The zero-order chi connectivity index (χ0) is 10.9. The number of nitriles is 1. The Morgan fingerprint density at radius 2 is 2.27 bits per heavy atom. The van der Waals surface area contributed by atoms with Crippen molar-refractivity contribution in [1.82, 2.24) is 9.71 Å². The van der Waals surface area contributed by atoms with Crippen LogP contribution < -0.4 is 4.72 Å². The topological polar surface area (TPSA) is 82.8 Å². The fraction of sp³-hybridized carbons (Fsp3) is 0.333. The molecule has 1 N–H and O–H groups in total. The van der Waals surface area contributed by atoms with Crippen LogP contribution in [0.25, 0.3) is 0 Å². The summed E-state index contributed by atoms with van der Waals surface area (Å²) in [6.07, 6.45) is 3.12. The molecule has 6 heteroatoms. The number of rotatable bonds is 3. The molecule has 1 heterocycles. The highest BCUT2D eigenvalue weighted by Gasteiger charge is 2.29. The molecule has 0 unspecified atom stereocenters. The van der Waals surface area contributed by atoms with Gasteiger partial charge in [0.15, 0.2) is 5.69 Å². The van der Waals surface area contributed by atoms with Crippen molar-refractivity contribution in [3.63, 3.8) is 0 Å². The minimum absolute atomic E-state index is 0.0294. The van der Waals surface area contributed by atoms with Crippen LogP contribution in [-0.4, -0.2) is 19.4 Å². The first-order valence-electron chi connectivity index (χ1n) is 4.51. The van der Waals surface area contributed by atoms with Gasteiger partial charge in [-0.05, 0) is 25.0 Å². The van der Waals surface area contributed by atoms with E-state index in [1.807, 2.05) is 0 Å². The molecule has 0 aromatic carbocycles. The van der Waals surface area contributed by atoms with Crippen molar-refractivity contribution >= 4 is 10.0 Å². The van der Waals surface area contributed by atoms with Crippen LogP contribution in [0.3, 0.4) is 0 Å². The second-order valence-electron chi connectivity index (χ2n) is 3.36. The Balaban J connectivity index is 2.39. The molecule has 0 spiro atoms. The van der Waals surface area contributed by atoms with Gasteiger partial charge >= 0.3 is 0 Å². The Morgan fingerprint density at radius 1 is 1.53 bits per heavy atom. The molecule has 0 amide bonds. The fourth-order valence-electron chi connectivity index (χ4n) is 1.18. The molecule has 1 fully saturated rings. The normalized spacial score (nSPS) is 15.9. The van der Waals surface area contributed by atoms with Gasteiger partial charge in [-0.15, -0.1) is 0 Å². The lowest BCUT2D eigenvalue weighted by molar-refractivity contribution is 0.580. The maximum atomic E-state index is 11.8. The molecule has 1 aliphatic carbocycles. The molecule has 78 valence electrons. The van der Waals surface area contributed by atoms with Gasteiger partial charge in [0.2, 0.25) is 10.0 Å². The summed E-state index contributed by atoms with van der Waals surface area (Å²) in [6.45, 7) is 0. The van der Waals surface area contributed by atoms with Crippen LogP contribution in [0.1, 0.15) is 18.5 Å². The Morgan fingerprint density at radius 3 is 2.87 bits per heavy atom. The molecule has 0 aliphatic heterocycles. The summed E-state index contributed by atoms with van der Waals surface area (Å²) in [4.78, 5) is 3.67. The minimum atomic E-state index is -3.57. The average Bonchev–Trinajstić information content (AvgIpc) is 3.01. The van der Waals surface area contributed by atoms with E-state index in [4.69, 9.17) is 5.26 Å². The molecule has 0 bridgehead atoms. The molecule has 1 aromatic rings. The number of sulfonamides is 1. The van der Waals surface area contributed by atoms with E-state index in [-0.39, 0.29) is 16.6 Å². The van der Waals surface area contributed by atoms with E-state index in [1.165, 1.54) is 18.3 Å². The summed E-state index contributed by atoms with van der Waals surface area (Å²) in [7, 11) is -3.57. The molecule has 1 saturated carbocycles. The third kappa shape index (κ3) is 2.14. The van der Waals surface area contributed by atoms with Crippen LogP contribution in [0.15, 0.2) is 23.2 Å². The third-order valence-corrected chi connectivity index (χ3v) is 3.62. The SMILES string of the molecule is N#Cc1ncccc1S(=O)(=O)NC1CC1. The maximum Gasteiger partial charge on any atom is 0.243 e. The second-order valence-corrected chi connectivity index (χ2v) is 5.04. The molecule has 15 heavy (non-hydrogen) atoms. The molecule has 0 saturated heterocycles. The number of pyridine rings is 1. The summed E-state index contributed by atoms with van der Waals surface area (Å²) in [5, 5.41) is 8.73. The van der Waals surface area contributed by atoms with E-state index in [0.29, 0.717) is 0 Å². The quantitative estimate of drug-likeness (QED) is 0.803. The predicted octanol–water partition coefficient (Wildman–Crippen LogP) is 0.394. The average molecular weight is 223 g/mol. The number of nitrogens with one attached hydrogen (secondary N) is 1. The molecule has 0 radical (unpaired) electrons. The zero-order valence-electron chi connectivity index (χ0n) is 7.84. The highest BCUT2D eigenvalue weighted by atomic mass is 32.2. The van der Waals surface area contributed by atoms with Crippen LogP contribution >= 0.6 is 0 Å². The van der Waals surface area contributed by atoms with Gasteiger partial charge in [0.25, 0.3) is 0 Å². The largest absolute Gasteiger partial charge is 0.244 e. The number of aromatic nitrogens is 1. The Hall–Kier alpha value is -1.45. The van der Waals surface area contributed by atoms with Gasteiger partial charge in [-0.1, -0.05) is 0 Å². The van der Waals surface area contributed by atoms with Crippen LogP contribution in [0.2, 0.25) is 0 Å². The van der Waals surface area contributed by atoms with Gasteiger partial charge in [0, 0.05) is 12.2 Å². The maximum absolute atomic E-state index is 11.8. The summed E-state index contributed by atoms with van der Waals surface area (Å²) in [5.41, 5.74) is -0.0642. The van der Waals surface area contributed by atoms with Gasteiger partial charge in [-0.25, -0.2) is 18.1 Å². The minimum Gasteiger partial charge on any atom is -0.244 e. The lowest BCUT2D eigenvalue weighted by Crippen LogP contribution is -2.26. The Bertz CT molecular complexity index is 514. The van der Waals surface area contributed by atoms with Crippen molar-refractivity contribution in [1.29, 1.82) is 5.26 Å². The van der Waals surface area contributed by atoms with E-state index >= 15 is 0 Å². The van der Waals surface area contributed by atoms with E-state index in [2.05, 4.69) is 9.71 Å². The summed E-state index contributed by atoms with van der Waals surface area (Å²) < 4.78 is 26.0. The first-order chi connectivity index (χ1) is 7.13. The van der Waals surface area contributed by atoms with Crippen molar-refractivity contribution < 1.29 is 8.42 Å². The van der Waals surface area contributed by atoms with E-state index in [9.17, 15) is 8.42 Å². The fourth-order valence-corrected chi connectivity index (χ4v) is 2.59. The molecular formula is C9H9N3O2S. The van der Waals surface area contributed by atoms with Gasteiger partial charge in [0.1, 0.15) is 11.0 Å². The van der Waals surface area contributed by atoms with E-state index in [1.54, 1.807) is 6.07 Å². The van der Waals surface area contributed by atoms with Crippen LogP contribution in [-0.2, 0) is 10.0 Å². The zero-order valence-corrected chi connectivity index (χ0v) is 8.66. The van der Waals surface area contributed by atoms with E-state index in [0.717, 1.165) is 12.8 Å².